The number of H-pyrrole nitrogens is 1. The van der Waals surface area contributed by atoms with Crippen LogP contribution >= 0.6 is 0 Å². The summed E-state index contributed by atoms with van der Waals surface area (Å²) in [6.07, 6.45) is 0.605. The first-order valence-electron chi connectivity index (χ1n) is 12.7. The number of carbonyl (C=O) groups is 4. The summed E-state index contributed by atoms with van der Waals surface area (Å²) in [4.78, 5) is 49.0. The number of aliphatic carboxylic acids is 1. The number of ether oxygens (including phenoxy) is 1. The van der Waals surface area contributed by atoms with Crippen molar-refractivity contribution in [3.63, 3.8) is 0 Å². The number of hydrogen-bond acceptors (Lipinski definition) is 7. The van der Waals surface area contributed by atoms with Gasteiger partial charge in [-0.05, 0) is 62.8 Å². The fourth-order valence-electron chi connectivity index (χ4n) is 3.98. The Morgan fingerprint density at radius 3 is 2.33 bits per heavy atom. The molecule has 1 aromatic heterocycles. The van der Waals surface area contributed by atoms with Crippen LogP contribution in [0.15, 0.2) is 54.7 Å². The summed E-state index contributed by atoms with van der Waals surface area (Å²) in [5.74, 6) is -2.55. The summed E-state index contributed by atoms with van der Waals surface area (Å²) in [6.45, 7) is 6.58. The highest BCUT2D eigenvalue weighted by Gasteiger charge is 2.27. The predicted octanol–water partition coefficient (Wildman–Crippen LogP) is 2.61. The molecule has 0 aliphatic rings. The molecule has 3 rings (SSSR count). The summed E-state index contributed by atoms with van der Waals surface area (Å²) in [5, 5.41) is 27.1. The van der Waals surface area contributed by atoms with Crippen molar-refractivity contribution in [3.05, 3.63) is 71.5 Å². The number of carbonyl (C=O) groups excluding carboxylic acids is 3. The van der Waals surface area contributed by atoms with E-state index in [1.54, 1.807) is 20.8 Å². The SMILES string of the molecule is Cc1ccccc1-c1ccc(C[C@H](C[C@@H](NC(=O)CNC(=O)OC(C)(C)C)C(=O)O)NC(=O)c2cn[nH]n2)cc1. The Bertz CT molecular complexity index is 1320. The van der Waals surface area contributed by atoms with Crippen molar-refractivity contribution in [2.24, 2.45) is 0 Å². The van der Waals surface area contributed by atoms with E-state index in [2.05, 4.69) is 31.4 Å². The Balaban J connectivity index is 1.71. The van der Waals surface area contributed by atoms with E-state index in [1.165, 1.54) is 6.20 Å². The quantitative estimate of drug-likeness (QED) is 0.242. The van der Waals surface area contributed by atoms with E-state index in [4.69, 9.17) is 4.74 Å². The van der Waals surface area contributed by atoms with Crippen molar-refractivity contribution in [2.45, 2.75) is 58.2 Å². The molecule has 0 bridgehead atoms. The number of nitrogens with one attached hydrogen (secondary N) is 4. The van der Waals surface area contributed by atoms with Gasteiger partial charge in [-0.3, -0.25) is 9.59 Å². The molecule has 12 nitrogen and oxygen atoms in total. The molecule has 0 fully saturated rings. The van der Waals surface area contributed by atoms with Crippen LogP contribution < -0.4 is 16.0 Å². The molecule has 40 heavy (non-hydrogen) atoms. The van der Waals surface area contributed by atoms with E-state index in [-0.39, 0.29) is 18.5 Å². The zero-order valence-corrected chi connectivity index (χ0v) is 22.9. The lowest BCUT2D eigenvalue weighted by Gasteiger charge is -2.23. The van der Waals surface area contributed by atoms with Gasteiger partial charge in [0.2, 0.25) is 5.91 Å². The fourth-order valence-corrected chi connectivity index (χ4v) is 3.98. The van der Waals surface area contributed by atoms with Crippen LogP contribution in [0.1, 0.15) is 48.8 Å². The highest BCUT2D eigenvalue weighted by molar-refractivity contribution is 5.92. The average molecular weight is 551 g/mol. The van der Waals surface area contributed by atoms with E-state index in [1.807, 2.05) is 55.5 Å². The molecule has 3 amide bonds. The van der Waals surface area contributed by atoms with Gasteiger partial charge in [0.25, 0.3) is 5.91 Å². The van der Waals surface area contributed by atoms with Crippen LogP contribution in [-0.4, -0.2) is 68.6 Å². The molecular weight excluding hydrogens is 516 g/mol. The molecule has 0 spiro atoms. The van der Waals surface area contributed by atoms with Gasteiger partial charge < -0.3 is 25.8 Å². The van der Waals surface area contributed by atoms with Crippen molar-refractivity contribution < 1.29 is 29.0 Å². The minimum atomic E-state index is -1.35. The standard InChI is InChI=1S/C28H34N6O6/c1-17-7-5-6-8-21(17)19-11-9-18(10-12-19)13-20(31-25(36)23-15-30-34-33-23)14-22(26(37)38)32-24(35)16-29-27(39)40-28(2,3)4/h5-12,15,20,22H,13-14,16H2,1-4H3,(H,29,39)(H,31,36)(H,32,35)(H,37,38)(H,30,33,34)/t20-,22-/m1/s1. The van der Waals surface area contributed by atoms with Gasteiger partial charge in [0, 0.05) is 6.04 Å². The third kappa shape index (κ3) is 9.22. The van der Waals surface area contributed by atoms with E-state index in [0.29, 0.717) is 0 Å². The zero-order valence-electron chi connectivity index (χ0n) is 22.9. The molecule has 0 saturated carbocycles. The number of benzene rings is 2. The molecule has 0 saturated heterocycles. The van der Waals surface area contributed by atoms with Crippen LogP contribution in [0.2, 0.25) is 0 Å². The summed E-state index contributed by atoms with van der Waals surface area (Å²) in [5.41, 5.74) is 3.39. The molecule has 3 aromatic rings. The van der Waals surface area contributed by atoms with E-state index < -0.39 is 48.1 Å². The van der Waals surface area contributed by atoms with Crippen LogP contribution in [0.5, 0.6) is 0 Å². The van der Waals surface area contributed by atoms with Gasteiger partial charge >= 0.3 is 12.1 Å². The van der Waals surface area contributed by atoms with Gasteiger partial charge in [0.05, 0.1) is 6.20 Å². The highest BCUT2D eigenvalue weighted by Crippen LogP contribution is 2.24. The molecule has 5 N–H and O–H groups in total. The first-order valence-corrected chi connectivity index (χ1v) is 12.7. The van der Waals surface area contributed by atoms with Crippen molar-refractivity contribution in [1.82, 2.24) is 31.4 Å². The van der Waals surface area contributed by atoms with Gasteiger partial charge in [-0.2, -0.15) is 15.4 Å². The van der Waals surface area contributed by atoms with E-state index in [0.717, 1.165) is 22.3 Å². The molecule has 2 aromatic carbocycles. The van der Waals surface area contributed by atoms with Crippen molar-refractivity contribution in [2.75, 3.05) is 6.54 Å². The predicted molar refractivity (Wildman–Crippen MR) is 146 cm³/mol. The van der Waals surface area contributed by atoms with Gasteiger partial charge in [0.1, 0.15) is 18.2 Å². The maximum absolute atomic E-state index is 12.7. The molecule has 12 heteroatoms. The Hall–Kier alpha value is -4.74. The summed E-state index contributed by atoms with van der Waals surface area (Å²) in [7, 11) is 0. The van der Waals surface area contributed by atoms with E-state index >= 15 is 0 Å². The Kier molecular flexibility index (Phi) is 9.96. The molecule has 2 atom stereocenters. The van der Waals surface area contributed by atoms with Crippen LogP contribution in [0, 0.1) is 6.92 Å². The number of aryl methyl sites for hydroxylation is 1. The third-order valence-electron chi connectivity index (χ3n) is 5.82. The number of carboxylic acid groups (broad SMARTS) is 1. The first kappa shape index (κ1) is 29.8. The largest absolute Gasteiger partial charge is 0.480 e. The molecule has 1 heterocycles. The number of alkyl carbamates (subject to hydrolysis) is 1. The number of hydrogen-bond donors (Lipinski definition) is 5. The summed E-state index contributed by atoms with van der Waals surface area (Å²) in [6, 6.07) is 13.7. The summed E-state index contributed by atoms with van der Waals surface area (Å²) < 4.78 is 5.09. The van der Waals surface area contributed by atoms with Gasteiger partial charge in [-0.1, -0.05) is 48.5 Å². The molecule has 212 valence electrons. The van der Waals surface area contributed by atoms with Gasteiger partial charge in [0.15, 0.2) is 5.69 Å². The number of rotatable bonds is 11. The number of aromatic amines is 1. The normalized spacial score (nSPS) is 12.6. The minimum Gasteiger partial charge on any atom is -0.480 e. The Morgan fingerprint density at radius 1 is 1.02 bits per heavy atom. The number of aromatic nitrogens is 3. The third-order valence-corrected chi connectivity index (χ3v) is 5.82. The second-order valence-corrected chi connectivity index (χ2v) is 10.3. The molecule has 0 aliphatic carbocycles. The number of amides is 3. The molecule has 0 unspecified atom stereocenters. The lowest BCUT2D eigenvalue weighted by Crippen LogP contribution is -2.50. The second-order valence-electron chi connectivity index (χ2n) is 10.3. The lowest BCUT2D eigenvalue weighted by molar-refractivity contribution is -0.142. The Morgan fingerprint density at radius 2 is 1.73 bits per heavy atom. The average Bonchev–Trinajstić information content (AvgIpc) is 3.42. The van der Waals surface area contributed by atoms with Crippen LogP contribution in [0.3, 0.4) is 0 Å². The van der Waals surface area contributed by atoms with Crippen LogP contribution in [-0.2, 0) is 20.7 Å². The fraction of sp³-hybridized carbons (Fsp3) is 0.357. The maximum Gasteiger partial charge on any atom is 0.408 e. The zero-order chi connectivity index (χ0) is 29.3. The highest BCUT2D eigenvalue weighted by atomic mass is 16.6. The molecule has 0 radical (unpaired) electrons. The summed E-state index contributed by atoms with van der Waals surface area (Å²) >= 11 is 0. The topological polar surface area (TPSA) is 175 Å². The van der Waals surface area contributed by atoms with Gasteiger partial charge in [-0.25, -0.2) is 9.59 Å². The second kappa shape index (κ2) is 13.4. The minimum absolute atomic E-state index is 0.0392. The smallest absolute Gasteiger partial charge is 0.408 e. The van der Waals surface area contributed by atoms with Crippen molar-refractivity contribution in [1.29, 1.82) is 0 Å². The van der Waals surface area contributed by atoms with Gasteiger partial charge in [-0.15, -0.1) is 0 Å². The number of carboxylic acids is 1. The molecule has 0 aliphatic heterocycles. The van der Waals surface area contributed by atoms with Crippen molar-refractivity contribution in [3.8, 4) is 11.1 Å². The monoisotopic (exact) mass is 550 g/mol. The number of nitrogens with zero attached hydrogens (tertiary/aromatic N) is 2. The van der Waals surface area contributed by atoms with Crippen LogP contribution in [0.4, 0.5) is 4.79 Å². The molecular formula is C28H34N6O6. The van der Waals surface area contributed by atoms with Crippen LogP contribution in [0.25, 0.3) is 11.1 Å². The lowest BCUT2D eigenvalue weighted by atomic mass is 9.95. The first-order chi connectivity index (χ1) is 18.9. The maximum atomic E-state index is 12.7. The van der Waals surface area contributed by atoms with E-state index in [9.17, 15) is 24.3 Å². The Labute approximate surface area is 231 Å². The van der Waals surface area contributed by atoms with Crippen molar-refractivity contribution >= 4 is 23.9 Å².